The first-order chi connectivity index (χ1) is 13.7. The summed E-state index contributed by atoms with van der Waals surface area (Å²) in [5, 5.41) is 19.4. The van der Waals surface area contributed by atoms with Gasteiger partial charge in [0.2, 0.25) is 23.6 Å². The van der Waals surface area contributed by atoms with E-state index >= 15 is 0 Å². The van der Waals surface area contributed by atoms with Gasteiger partial charge in [-0.2, -0.15) is 25.3 Å². The van der Waals surface area contributed by atoms with Gasteiger partial charge in [-0.15, -0.1) is 0 Å². The largest absolute Gasteiger partial charge is 0.480 e. The zero-order valence-corrected chi connectivity index (χ0v) is 17.5. The van der Waals surface area contributed by atoms with Crippen molar-refractivity contribution in [3.05, 3.63) is 0 Å². The molecule has 13 heteroatoms. The fraction of sp³-hybridized carbons (Fsp3) is 0.688. The van der Waals surface area contributed by atoms with Crippen LogP contribution in [0.1, 0.15) is 25.7 Å². The normalized spacial score (nSPS) is 18.9. The van der Waals surface area contributed by atoms with Gasteiger partial charge >= 0.3 is 5.97 Å². The van der Waals surface area contributed by atoms with Gasteiger partial charge in [-0.1, -0.05) is 0 Å². The second-order valence-corrected chi connectivity index (χ2v) is 7.27. The van der Waals surface area contributed by atoms with E-state index in [1.54, 1.807) is 0 Å². The van der Waals surface area contributed by atoms with Gasteiger partial charge in [0.25, 0.3) is 0 Å². The molecular formula is C16H27N5O6S2. The van der Waals surface area contributed by atoms with Crippen molar-refractivity contribution in [3.63, 3.8) is 0 Å². The average molecular weight is 450 g/mol. The second-order valence-electron chi connectivity index (χ2n) is 6.54. The Bertz CT molecular complexity index is 629. The first-order valence-electron chi connectivity index (χ1n) is 9.06. The van der Waals surface area contributed by atoms with Gasteiger partial charge in [0.05, 0.1) is 6.04 Å². The fourth-order valence-electron chi connectivity index (χ4n) is 2.66. The highest BCUT2D eigenvalue weighted by Crippen LogP contribution is 2.06. The maximum Gasteiger partial charge on any atom is 0.326 e. The van der Waals surface area contributed by atoms with Crippen molar-refractivity contribution in [2.75, 3.05) is 18.1 Å². The van der Waals surface area contributed by atoms with Crippen molar-refractivity contribution < 1.29 is 29.1 Å². The number of carboxylic acids is 1. The minimum atomic E-state index is -1.34. The molecule has 1 aliphatic heterocycles. The van der Waals surface area contributed by atoms with Crippen molar-refractivity contribution >= 4 is 54.9 Å². The molecule has 4 atom stereocenters. The molecule has 0 bridgehead atoms. The lowest BCUT2D eigenvalue weighted by atomic mass is 10.1. The number of thiol groups is 2. The van der Waals surface area contributed by atoms with E-state index in [4.69, 9.17) is 10.8 Å². The van der Waals surface area contributed by atoms with E-state index in [-0.39, 0.29) is 36.3 Å². The van der Waals surface area contributed by atoms with E-state index < -0.39 is 41.8 Å². The van der Waals surface area contributed by atoms with Crippen LogP contribution in [0.3, 0.4) is 0 Å². The van der Waals surface area contributed by atoms with Crippen LogP contribution in [-0.4, -0.2) is 76.9 Å². The Morgan fingerprint density at radius 3 is 2.00 bits per heavy atom. The topological polar surface area (TPSA) is 180 Å². The van der Waals surface area contributed by atoms with E-state index in [1.807, 2.05) is 0 Å². The number of nitrogens with two attached hydrogens (primary N) is 1. The van der Waals surface area contributed by atoms with E-state index in [9.17, 15) is 24.0 Å². The number of carboxylic acid groups (broad SMARTS) is 1. The van der Waals surface area contributed by atoms with Gasteiger partial charge in [0.15, 0.2) is 0 Å². The Labute approximate surface area is 179 Å². The third-order valence-corrected chi connectivity index (χ3v) is 5.03. The maximum absolute atomic E-state index is 12.4. The van der Waals surface area contributed by atoms with Crippen LogP contribution in [0.25, 0.3) is 0 Å². The van der Waals surface area contributed by atoms with Crippen LogP contribution in [0.4, 0.5) is 0 Å². The molecule has 0 aliphatic carbocycles. The number of carbonyl (C=O) groups is 5. The molecule has 0 aromatic carbocycles. The number of hydrogen-bond acceptors (Lipinski definition) is 8. The summed E-state index contributed by atoms with van der Waals surface area (Å²) in [4.78, 5) is 59.0. The predicted octanol–water partition coefficient (Wildman–Crippen LogP) is -2.60. The summed E-state index contributed by atoms with van der Waals surface area (Å²) in [5.74, 6) is -3.92. The molecule has 0 saturated carbocycles. The summed E-state index contributed by atoms with van der Waals surface area (Å²) in [7, 11) is 0. The number of carbonyl (C=O) groups excluding carboxylic acids is 4. The number of aliphatic carboxylic acids is 1. The van der Waals surface area contributed by atoms with Crippen molar-refractivity contribution in [1.82, 2.24) is 21.3 Å². The van der Waals surface area contributed by atoms with Gasteiger partial charge in [0, 0.05) is 17.9 Å². The number of rotatable bonds is 12. The molecule has 164 valence electrons. The molecule has 4 unspecified atom stereocenters. The van der Waals surface area contributed by atoms with Crippen LogP contribution in [0.2, 0.25) is 0 Å². The number of amides is 4. The van der Waals surface area contributed by atoms with Crippen molar-refractivity contribution in [2.24, 2.45) is 5.73 Å². The molecule has 11 nitrogen and oxygen atoms in total. The first-order valence-corrected chi connectivity index (χ1v) is 10.3. The van der Waals surface area contributed by atoms with Crippen LogP contribution in [0, 0.1) is 0 Å². The molecule has 1 rings (SSSR count). The number of nitrogens with one attached hydrogen (secondary N) is 4. The maximum atomic E-state index is 12.4. The minimum Gasteiger partial charge on any atom is -0.480 e. The lowest BCUT2D eigenvalue weighted by Crippen LogP contribution is -2.58. The molecule has 0 spiro atoms. The van der Waals surface area contributed by atoms with Crippen LogP contribution >= 0.6 is 25.3 Å². The Morgan fingerprint density at radius 2 is 1.55 bits per heavy atom. The third kappa shape index (κ3) is 8.50. The van der Waals surface area contributed by atoms with E-state index in [0.717, 1.165) is 13.0 Å². The smallest absolute Gasteiger partial charge is 0.326 e. The van der Waals surface area contributed by atoms with Gasteiger partial charge in [-0.05, 0) is 25.8 Å². The van der Waals surface area contributed by atoms with Gasteiger partial charge in [0.1, 0.15) is 18.1 Å². The van der Waals surface area contributed by atoms with E-state index in [1.165, 1.54) is 0 Å². The summed E-state index contributed by atoms with van der Waals surface area (Å²) in [6.07, 6.45) is 1.11. The molecule has 1 heterocycles. The zero-order valence-electron chi connectivity index (χ0n) is 15.7. The molecule has 1 aliphatic rings. The van der Waals surface area contributed by atoms with Crippen LogP contribution < -0.4 is 27.0 Å². The highest BCUT2D eigenvalue weighted by molar-refractivity contribution is 7.80. The summed E-state index contributed by atoms with van der Waals surface area (Å²) in [6.45, 7) is 0.720. The molecule has 0 aromatic heterocycles. The molecule has 0 aromatic rings. The highest BCUT2D eigenvalue weighted by Gasteiger charge is 2.30. The molecule has 1 saturated heterocycles. The Balaban J connectivity index is 2.66. The number of primary amides is 1. The lowest BCUT2D eigenvalue weighted by Gasteiger charge is -2.23. The van der Waals surface area contributed by atoms with Crippen LogP contribution in [0.5, 0.6) is 0 Å². The molecule has 4 amide bonds. The Kier molecular flexibility index (Phi) is 10.8. The van der Waals surface area contributed by atoms with Crippen molar-refractivity contribution in [2.45, 2.75) is 49.9 Å². The SMILES string of the molecule is NC(=O)CCC(NC(=O)C(CS)NC(=O)C(CS)NC(=O)C1CCCN1)C(=O)O. The van der Waals surface area contributed by atoms with Crippen molar-refractivity contribution in [1.29, 1.82) is 0 Å². The summed E-state index contributed by atoms with van der Waals surface area (Å²) < 4.78 is 0. The first kappa shape index (κ1) is 25.0. The van der Waals surface area contributed by atoms with Crippen molar-refractivity contribution in [3.8, 4) is 0 Å². The summed E-state index contributed by atoms with van der Waals surface area (Å²) >= 11 is 8.08. The quantitative estimate of drug-likeness (QED) is 0.150. The molecule has 1 fully saturated rings. The van der Waals surface area contributed by atoms with Crippen LogP contribution in [-0.2, 0) is 24.0 Å². The van der Waals surface area contributed by atoms with Crippen LogP contribution in [0.15, 0.2) is 0 Å². The zero-order chi connectivity index (χ0) is 22.0. The second kappa shape index (κ2) is 12.5. The average Bonchev–Trinajstić information content (AvgIpc) is 3.21. The summed E-state index contributed by atoms with van der Waals surface area (Å²) in [6, 6.07) is -3.85. The summed E-state index contributed by atoms with van der Waals surface area (Å²) in [5.41, 5.74) is 5.00. The van der Waals surface area contributed by atoms with E-state index in [2.05, 4.69) is 46.5 Å². The van der Waals surface area contributed by atoms with E-state index in [0.29, 0.717) is 6.42 Å². The molecule has 0 radical (unpaired) electrons. The number of hydrogen-bond donors (Lipinski definition) is 8. The Morgan fingerprint density at radius 1 is 1.00 bits per heavy atom. The monoisotopic (exact) mass is 449 g/mol. The van der Waals surface area contributed by atoms with Gasteiger partial charge < -0.3 is 32.1 Å². The Hall–Kier alpha value is -1.99. The predicted molar refractivity (Wildman–Crippen MR) is 111 cm³/mol. The highest BCUT2D eigenvalue weighted by atomic mass is 32.1. The molecular weight excluding hydrogens is 422 g/mol. The van der Waals surface area contributed by atoms with Gasteiger partial charge in [-0.3, -0.25) is 19.2 Å². The molecule has 7 N–H and O–H groups in total. The standard InChI is InChI=1S/C16H27N5O6S2/c17-12(22)4-3-9(16(26)27)19-14(24)10(6-28)21-15(25)11(7-29)20-13(23)8-2-1-5-18-8/h8-11,18,28-29H,1-7H2,(H2,17,22)(H,19,24)(H,20,23)(H,21,25)(H,26,27). The van der Waals surface area contributed by atoms with Gasteiger partial charge in [-0.25, -0.2) is 4.79 Å². The fourth-order valence-corrected chi connectivity index (χ4v) is 3.17. The molecule has 29 heavy (non-hydrogen) atoms. The third-order valence-electron chi connectivity index (χ3n) is 4.30. The minimum absolute atomic E-state index is 0.00155. The lowest BCUT2D eigenvalue weighted by molar-refractivity contribution is -0.142.